The highest BCUT2D eigenvalue weighted by Crippen LogP contribution is 2.31. The molecular formula is C13H13ClN2S. The fourth-order valence-corrected chi connectivity index (χ4v) is 2.91. The van der Waals surface area contributed by atoms with E-state index in [2.05, 4.69) is 28.6 Å². The minimum absolute atomic E-state index is 0. The summed E-state index contributed by atoms with van der Waals surface area (Å²) in [5.74, 6) is 0.685. The molecule has 1 atom stereocenters. The first-order valence-electron chi connectivity index (χ1n) is 5.29. The van der Waals surface area contributed by atoms with Crippen LogP contribution in [-0.2, 0) is 6.42 Å². The monoisotopic (exact) mass is 264 g/mol. The average Bonchev–Trinajstić information content (AvgIpc) is 2.79. The van der Waals surface area contributed by atoms with Crippen molar-refractivity contribution < 1.29 is 0 Å². The van der Waals surface area contributed by atoms with E-state index in [1.54, 1.807) is 11.3 Å². The minimum Gasteiger partial charge on any atom is -0.383 e. The summed E-state index contributed by atoms with van der Waals surface area (Å²) in [5.41, 5.74) is 8.54. The number of halogens is 1. The Hall–Kier alpha value is -1.32. The number of thiophene rings is 1. The number of aliphatic imine (C=N–C) groups is 1. The average molecular weight is 265 g/mol. The molecule has 1 unspecified atom stereocenters. The van der Waals surface area contributed by atoms with Crippen molar-refractivity contribution in [3.63, 3.8) is 0 Å². The third-order valence-electron chi connectivity index (χ3n) is 2.87. The van der Waals surface area contributed by atoms with Crippen LogP contribution in [0, 0.1) is 0 Å². The summed E-state index contributed by atoms with van der Waals surface area (Å²) in [6.07, 6.45) is 0.962. The van der Waals surface area contributed by atoms with Gasteiger partial charge in [0.05, 0.1) is 10.9 Å². The van der Waals surface area contributed by atoms with Gasteiger partial charge in [0.1, 0.15) is 5.84 Å². The molecular weight excluding hydrogens is 252 g/mol. The van der Waals surface area contributed by atoms with Crippen LogP contribution in [0.15, 0.2) is 46.8 Å². The first-order chi connectivity index (χ1) is 7.84. The molecule has 4 heteroatoms. The molecule has 1 aliphatic rings. The van der Waals surface area contributed by atoms with Crippen LogP contribution in [0.3, 0.4) is 0 Å². The summed E-state index contributed by atoms with van der Waals surface area (Å²) in [7, 11) is 0. The van der Waals surface area contributed by atoms with E-state index in [0.717, 1.165) is 11.3 Å². The molecule has 0 bridgehead atoms. The number of hydrogen-bond donors (Lipinski definition) is 1. The molecule has 0 saturated carbocycles. The lowest BCUT2D eigenvalue weighted by atomic mass is 9.97. The minimum atomic E-state index is 0. The fraction of sp³-hybridized carbons (Fsp3) is 0.154. The molecule has 0 aliphatic carbocycles. The van der Waals surface area contributed by atoms with Crippen molar-refractivity contribution in [1.82, 2.24) is 0 Å². The standard InChI is InChI=1S/C13H12N2S.ClH/c14-13-12-10(6-7-16-12)8-11(15-13)9-4-2-1-3-5-9;/h1-7,11H,8H2,(H2,14,15);1H. The summed E-state index contributed by atoms with van der Waals surface area (Å²) < 4.78 is 0. The van der Waals surface area contributed by atoms with Gasteiger partial charge in [-0.1, -0.05) is 30.3 Å². The van der Waals surface area contributed by atoms with E-state index in [1.165, 1.54) is 11.1 Å². The van der Waals surface area contributed by atoms with Gasteiger partial charge in [0.2, 0.25) is 0 Å². The van der Waals surface area contributed by atoms with Gasteiger partial charge < -0.3 is 5.73 Å². The van der Waals surface area contributed by atoms with Crippen molar-refractivity contribution in [2.45, 2.75) is 12.5 Å². The number of benzene rings is 1. The number of nitrogens with zero attached hydrogens (tertiary/aromatic N) is 1. The topological polar surface area (TPSA) is 38.4 Å². The molecule has 0 fully saturated rings. The van der Waals surface area contributed by atoms with Crippen LogP contribution in [0.2, 0.25) is 0 Å². The Balaban J connectivity index is 0.00000108. The number of fused-ring (bicyclic) bond motifs is 1. The maximum atomic E-state index is 5.98. The highest BCUT2D eigenvalue weighted by atomic mass is 35.5. The van der Waals surface area contributed by atoms with E-state index in [-0.39, 0.29) is 18.4 Å². The van der Waals surface area contributed by atoms with Crippen LogP contribution in [-0.4, -0.2) is 5.84 Å². The van der Waals surface area contributed by atoms with Crippen molar-refractivity contribution >= 4 is 29.6 Å². The SMILES string of the molecule is Cl.NC1=NC(c2ccccc2)Cc2ccsc21. The molecule has 2 N–H and O–H groups in total. The molecule has 2 aromatic rings. The second-order valence-corrected chi connectivity index (χ2v) is 4.84. The highest BCUT2D eigenvalue weighted by Gasteiger charge is 2.21. The highest BCUT2D eigenvalue weighted by molar-refractivity contribution is 7.12. The van der Waals surface area contributed by atoms with Gasteiger partial charge in [-0.05, 0) is 22.6 Å². The van der Waals surface area contributed by atoms with Gasteiger partial charge in [0, 0.05) is 6.42 Å². The fourth-order valence-electron chi connectivity index (χ4n) is 2.07. The van der Waals surface area contributed by atoms with E-state index < -0.39 is 0 Å². The van der Waals surface area contributed by atoms with Crippen LogP contribution in [0.25, 0.3) is 0 Å². The Kier molecular flexibility index (Phi) is 3.50. The number of nitrogens with two attached hydrogens (primary N) is 1. The van der Waals surface area contributed by atoms with Gasteiger partial charge >= 0.3 is 0 Å². The predicted octanol–water partition coefficient (Wildman–Crippen LogP) is 3.17. The number of rotatable bonds is 1. The Morgan fingerprint density at radius 1 is 1.18 bits per heavy atom. The van der Waals surface area contributed by atoms with Gasteiger partial charge in [-0.2, -0.15) is 0 Å². The lowest BCUT2D eigenvalue weighted by Crippen LogP contribution is -2.20. The van der Waals surface area contributed by atoms with Crippen LogP contribution in [0.4, 0.5) is 0 Å². The first kappa shape index (κ1) is 12.1. The largest absolute Gasteiger partial charge is 0.383 e. The second-order valence-electron chi connectivity index (χ2n) is 3.92. The third kappa shape index (κ3) is 2.21. The Morgan fingerprint density at radius 2 is 1.94 bits per heavy atom. The number of hydrogen-bond acceptors (Lipinski definition) is 3. The summed E-state index contributed by atoms with van der Waals surface area (Å²) in [5, 5.41) is 2.08. The summed E-state index contributed by atoms with van der Waals surface area (Å²) in [4.78, 5) is 5.72. The molecule has 3 rings (SSSR count). The first-order valence-corrected chi connectivity index (χ1v) is 6.17. The lowest BCUT2D eigenvalue weighted by Gasteiger charge is -2.19. The van der Waals surface area contributed by atoms with E-state index in [4.69, 9.17) is 5.73 Å². The molecule has 0 spiro atoms. The van der Waals surface area contributed by atoms with Gasteiger partial charge in [-0.15, -0.1) is 23.7 Å². The van der Waals surface area contributed by atoms with E-state index in [1.807, 2.05) is 18.2 Å². The van der Waals surface area contributed by atoms with Gasteiger partial charge in [0.25, 0.3) is 0 Å². The molecule has 0 amide bonds. The van der Waals surface area contributed by atoms with Gasteiger partial charge in [0.15, 0.2) is 0 Å². The zero-order valence-corrected chi connectivity index (χ0v) is 10.8. The van der Waals surface area contributed by atoms with Crippen molar-refractivity contribution in [1.29, 1.82) is 0 Å². The molecule has 1 aliphatic heterocycles. The van der Waals surface area contributed by atoms with Gasteiger partial charge in [-0.25, -0.2) is 0 Å². The van der Waals surface area contributed by atoms with Crippen LogP contribution < -0.4 is 5.73 Å². The molecule has 88 valence electrons. The maximum absolute atomic E-state index is 5.98. The maximum Gasteiger partial charge on any atom is 0.136 e. The van der Waals surface area contributed by atoms with Crippen molar-refractivity contribution in [3.8, 4) is 0 Å². The molecule has 2 nitrogen and oxygen atoms in total. The third-order valence-corrected chi connectivity index (χ3v) is 3.85. The Labute approximate surface area is 111 Å². The summed E-state index contributed by atoms with van der Waals surface area (Å²) >= 11 is 1.67. The smallest absolute Gasteiger partial charge is 0.136 e. The lowest BCUT2D eigenvalue weighted by molar-refractivity contribution is 0.713. The van der Waals surface area contributed by atoms with E-state index in [0.29, 0.717) is 5.84 Å². The second kappa shape index (κ2) is 4.90. The van der Waals surface area contributed by atoms with Gasteiger partial charge in [-0.3, -0.25) is 4.99 Å². The number of amidine groups is 1. The van der Waals surface area contributed by atoms with Crippen molar-refractivity contribution in [2.75, 3.05) is 0 Å². The molecule has 1 aromatic heterocycles. The Morgan fingerprint density at radius 3 is 2.71 bits per heavy atom. The zero-order valence-electron chi connectivity index (χ0n) is 9.17. The molecule has 1 aromatic carbocycles. The van der Waals surface area contributed by atoms with Crippen molar-refractivity contribution in [2.24, 2.45) is 10.7 Å². The summed E-state index contributed by atoms with van der Waals surface area (Å²) in [6.45, 7) is 0. The van der Waals surface area contributed by atoms with Crippen molar-refractivity contribution in [3.05, 3.63) is 57.8 Å². The normalized spacial score (nSPS) is 17.9. The van der Waals surface area contributed by atoms with E-state index >= 15 is 0 Å². The Bertz CT molecular complexity index is 533. The quantitative estimate of drug-likeness (QED) is 0.844. The molecule has 0 radical (unpaired) electrons. The molecule has 0 saturated heterocycles. The van der Waals surface area contributed by atoms with E-state index in [9.17, 15) is 0 Å². The van der Waals surface area contributed by atoms with Crippen LogP contribution in [0.1, 0.15) is 22.0 Å². The molecule has 17 heavy (non-hydrogen) atoms. The molecule has 2 heterocycles. The summed E-state index contributed by atoms with van der Waals surface area (Å²) in [6, 6.07) is 12.7. The van der Waals surface area contributed by atoms with Crippen LogP contribution in [0.5, 0.6) is 0 Å². The van der Waals surface area contributed by atoms with Crippen LogP contribution >= 0.6 is 23.7 Å². The zero-order chi connectivity index (χ0) is 11.0. The predicted molar refractivity (Wildman–Crippen MR) is 75.2 cm³/mol.